The standard InChI is InChI=1S/C13H15N3O2S2/c1-2-18-11(17)13(14,10-6-4-3-5-7-10)8-19-12-16-15-9-20-12/h3-7,9H,2,8,14H2,1H3. The molecule has 0 aliphatic carbocycles. The van der Waals surface area contributed by atoms with E-state index in [4.69, 9.17) is 10.5 Å². The molecule has 20 heavy (non-hydrogen) atoms. The summed E-state index contributed by atoms with van der Waals surface area (Å²) >= 11 is 2.82. The minimum Gasteiger partial charge on any atom is -0.464 e. The summed E-state index contributed by atoms with van der Waals surface area (Å²) in [6, 6.07) is 9.25. The highest BCUT2D eigenvalue weighted by atomic mass is 32.2. The number of carbonyl (C=O) groups is 1. The monoisotopic (exact) mass is 309 g/mol. The van der Waals surface area contributed by atoms with Gasteiger partial charge in [-0.05, 0) is 12.5 Å². The number of benzene rings is 1. The average Bonchev–Trinajstić information content (AvgIpc) is 2.99. The Morgan fingerprint density at radius 1 is 1.45 bits per heavy atom. The highest BCUT2D eigenvalue weighted by molar-refractivity contribution is 8.01. The number of thioether (sulfide) groups is 1. The number of nitrogens with two attached hydrogens (primary N) is 1. The van der Waals surface area contributed by atoms with Crippen LogP contribution in [0.15, 0.2) is 40.2 Å². The second kappa shape index (κ2) is 6.83. The molecule has 0 spiro atoms. The molecule has 1 unspecified atom stereocenters. The van der Waals surface area contributed by atoms with Gasteiger partial charge in [0.2, 0.25) is 0 Å². The summed E-state index contributed by atoms with van der Waals surface area (Å²) in [5.74, 6) is -0.0754. The van der Waals surface area contributed by atoms with Gasteiger partial charge < -0.3 is 10.5 Å². The SMILES string of the molecule is CCOC(=O)C(N)(CSc1nncs1)c1ccccc1. The molecule has 0 aliphatic heterocycles. The third-order valence-electron chi connectivity index (χ3n) is 2.69. The van der Waals surface area contributed by atoms with Crippen LogP contribution in [0.2, 0.25) is 0 Å². The molecule has 1 heterocycles. The van der Waals surface area contributed by atoms with Gasteiger partial charge in [-0.2, -0.15) is 0 Å². The molecule has 1 aromatic carbocycles. The number of hydrogen-bond donors (Lipinski definition) is 1. The molecule has 0 bridgehead atoms. The van der Waals surface area contributed by atoms with Crippen LogP contribution >= 0.6 is 23.1 Å². The molecule has 2 aromatic rings. The zero-order chi connectivity index (χ0) is 14.4. The van der Waals surface area contributed by atoms with Crippen LogP contribution in [0.1, 0.15) is 12.5 Å². The highest BCUT2D eigenvalue weighted by Crippen LogP contribution is 2.29. The zero-order valence-electron chi connectivity index (χ0n) is 11.0. The first-order chi connectivity index (χ1) is 9.66. The normalized spacial score (nSPS) is 13.7. The van der Waals surface area contributed by atoms with Gasteiger partial charge in [0.1, 0.15) is 11.0 Å². The van der Waals surface area contributed by atoms with Crippen molar-refractivity contribution in [3.05, 3.63) is 41.4 Å². The summed E-state index contributed by atoms with van der Waals surface area (Å²) in [7, 11) is 0. The van der Waals surface area contributed by atoms with E-state index in [-0.39, 0.29) is 0 Å². The molecular weight excluding hydrogens is 294 g/mol. The van der Waals surface area contributed by atoms with Crippen LogP contribution in [0, 0.1) is 0 Å². The first kappa shape index (κ1) is 15.0. The van der Waals surface area contributed by atoms with E-state index in [0.717, 1.165) is 9.90 Å². The van der Waals surface area contributed by atoms with Gasteiger partial charge in [-0.3, -0.25) is 0 Å². The molecule has 1 aromatic heterocycles. The Kier molecular flexibility index (Phi) is 5.11. The maximum atomic E-state index is 12.2. The lowest BCUT2D eigenvalue weighted by molar-refractivity contribution is -0.149. The maximum absolute atomic E-state index is 12.2. The molecule has 2 rings (SSSR count). The smallest absolute Gasteiger partial charge is 0.331 e. The van der Waals surface area contributed by atoms with Crippen molar-refractivity contribution in [1.82, 2.24) is 10.2 Å². The molecular formula is C13H15N3O2S2. The summed E-state index contributed by atoms with van der Waals surface area (Å²) in [6.45, 7) is 2.06. The molecule has 0 fully saturated rings. The minimum atomic E-state index is -1.19. The van der Waals surface area contributed by atoms with Crippen molar-refractivity contribution in [1.29, 1.82) is 0 Å². The van der Waals surface area contributed by atoms with Crippen LogP contribution in [0.5, 0.6) is 0 Å². The molecule has 2 N–H and O–H groups in total. The molecule has 7 heteroatoms. The van der Waals surface area contributed by atoms with Crippen LogP contribution in [0.25, 0.3) is 0 Å². The van der Waals surface area contributed by atoms with Crippen molar-refractivity contribution < 1.29 is 9.53 Å². The van der Waals surface area contributed by atoms with Crippen molar-refractivity contribution in [2.24, 2.45) is 5.73 Å². The summed E-state index contributed by atoms with van der Waals surface area (Å²) < 4.78 is 5.90. The fourth-order valence-corrected chi connectivity index (χ4v) is 3.25. The van der Waals surface area contributed by atoms with Crippen molar-refractivity contribution in [2.45, 2.75) is 16.8 Å². The topological polar surface area (TPSA) is 78.1 Å². The van der Waals surface area contributed by atoms with Gasteiger partial charge in [-0.1, -0.05) is 53.4 Å². The fraction of sp³-hybridized carbons (Fsp3) is 0.308. The van der Waals surface area contributed by atoms with Gasteiger partial charge in [0.25, 0.3) is 0 Å². The first-order valence-electron chi connectivity index (χ1n) is 6.07. The number of rotatable bonds is 6. The van der Waals surface area contributed by atoms with Crippen LogP contribution in [-0.4, -0.2) is 28.5 Å². The molecule has 5 nitrogen and oxygen atoms in total. The van der Waals surface area contributed by atoms with Crippen molar-refractivity contribution in [3.63, 3.8) is 0 Å². The summed E-state index contributed by atoms with van der Waals surface area (Å²) in [4.78, 5) is 12.2. The maximum Gasteiger partial charge on any atom is 0.331 e. The van der Waals surface area contributed by atoms with E-state index in [9.17, 15) is 4.79 Å². The summed E-state index contributed by atoms with van der Waals surface area (Å²) in [5.41, 5.74) is 7.52. The number of carbonyl (C=O) groups excluding carboxylic acids is 1. The molecule has 1 atom stereocenters. The van der Waals surface area contributed by atoms with Crippen molar-refractivity contribution >= 4 is 29.1 Å². The molecule has 106 valence electrons. The Morgan fingerprint density at radius 2 is 2.20 bits per heavy atom. The van der Waals surface area contributed by atoms with Crippen molar-refractivity contribution in [3.8, 4) is 0 Å². The van der Waals surface area contributed by atoms with E-state index in [1.54, 1.807) is 12.4 Å². The summed E-state index contributed by atoms with van der Waals surface area (Å²) in [6.07, 6.45) is 0. The van der Waals surface area contributed by atoms with E-state index in [1.807, 2.05) is 30.3 Å². The molecule has 0 amide bonds. The number of ether oxygens (including phenoxy) is 1. The van der Waals surface area contributed by atoms with E-state index in [1.165, 1.54) is 23.1 Å². The van der Waals surface area contributed by atoms with Gasteiger partial charge in [-0.15, -0.1) is 10.2 Å². The van der Waals surface area contributed by atoms with Crippen LogP contribution < -0.4 is 5.73 Å². The lowest BCUT2D eigenvalue weighted by atomic mass is 9.93. The highest BCUT2D eigenvalue weighted by Gasteiger charge is 2.38. The zero-order valence-corrected chi connectivity index (χ0v) is 12.6. The second-order valence-corrected chi connectivity index (χ2v) is 6.11. The van der Waals surface area contributed by atoms with Gasteiger partial charge in [0, 0.05) is 5.75 Å². The molecule has 0 saturated heterocycles. The minimum absolute atomic E-state index is 0.300. The predicted molar refractivity (Wildman–Crippen MR) is 79.6 cm³/mol. The third-order valence-corrected chi connectivity index (χ3v) is 4.75. The fourth-order valence-electron chi connectivity index (χ4n) is 1.66. The van der Waals surface area contributed by atoms with Gasteiger partial charge >= 0.3 is 5.97 Å². The van der Waals surface area contributed by atoms with E-state index in [0.29, 0.717) is 12.4 Å². The van der Waals surface area contributed by atoms with E-state index >= 15 is 0 Å². The quantitative estimate of drug-likeness (QED) is 0.650. The number of aromatic nitrogens is 2. The average molecular weight is 309 g/mol. The number of nitrogens with zero attached hydrogens (tertiary/aromatic N) is 2. The van der Waals surface area contributed by atoms with Gasteiger partial charge in [0.05, 0.1) is 6.61 Å². The lowest BCUT2D eigenvalue weighted by Crippen LogP contribution is -2.48. The van der Waals surface area contributed by atoms with Crippen LogP contribution in [0.3, 0.4) is 0 Å². The van der Waals surface area contributed by atoms with Crippen LogP contribution in [0.4, 0.5) is 0 Å². The molecule has 0 saturated carbocycles. The number of hydrogen-bond acceptors (Lipinski definition) is 7. The van der Waals surface area contributed by atoms with Gasteiger partial charge in [0.15, 0.2) is 4.34 Å². The second-order valence-electron chi connectivity index (χ2n) is 4.05. The Balaban J connectivity index is 2.22. The lowest BCUT2D eigenvalue weighted by Gasteiger charge is -2.26. The molecule has 0 aliphatic rings. The third kappa shape index (κ3) is 3.36. The Hall–Kier alpha value is -1.44. The summed E-state index contributed by atoms with van der Waals surface area (Å²) in [5, 5.41) is 7.71. The van der Waals surface area contributed by atoms with E-state index in [2.05, 4.69) is 10.2 Å². The first-order valence-corrected chi connectivity index (χ1v) is 7.94. The van der Waals surface area contributed by atoms with Crippen molar-refractivity contribution in [2.75, 3.05) is 12.4 Å². The van der Waals surface area contributed by atoms with Crippen LogP contribution in [-0.2, 0) is 15.1 Å². The van der Waals surface area contributed by atoms with Gasteiger partial charge in [-0.25, -0.2) is 4.79 Å². The Morgan fingerprint density at radius 3 is 2.80 bits per heavy atom. The van der Waals surface area contributed by atoms with E-state index < -0.39 is 11.5 Å². The Labute approximate surface area is 125 Å². The predicted octanol–water partition coefficient (Wildman–Crippen LogP) is 2.05. The Bertz CT molecular complexity index is 548. The molecule has 0 radical (unpaired) electrons. The largest absolute Gasteiger partial charge is 0.464 e. The number of esters is 1.